The Hall–Kier alpha value is -5.40. The van der Waals surface area contributed by atoms with E-state index in [0.717, 1.165) is 11.4 Å². The van der Waals surface area contributed by atoms with Crippen molar-refractivity contribution in [3.8, 4) is 11.1 Å². The highest BCUT2D eigenvalue weighted by Gasteiger charge is 2.22. The maximum absolute atomic E-state index is 2.45. The van der Waals surface area contributed by atoms with Crippen LogP contribution in [0, 0.1) is 0 Å². The monoisotopic (exact) mass is 633 g/mol. The molecule has 8 aromatic carbocycles. The van der Waals surface area contributed by atoms with Crippen molar-refractivity contribution >= 4 is 60.2 Å². The van der Waals surface area contributed by atoms with E-state index in [0.29, 0.717) is 0 Å². The van der Waals surface area contributed by atoms with Crippen LogP contribution in [0.5, 0.6) is 0 Å². The summed E-state index contributed by atoms with van der Waals surface area (Å²) in [5.74, 6) is 0. The number of hydrogen-bond donors (Lipinski definition) is 0. The fourth-order valence-electron chi connectivity index (χ4n) is 7.48. The van der Waals surface area contributed by atoms with Gasteiger partial charge >= 0.3 is 0 Å². The van der Waals surface area contributed by atoms with Crippen LogP contribution < -0.4 is 4.90 Å². The van der Waals surface area contributed by atoms with Gasteiger partial charge in [0.2, 0.25) is 0 Å². The van der Waals surface area contributed by atoms with Crippen LogP contribution in [0.25, 0.3) is 54.2 Å². The molecule has 8 rings (SSSR count). The lowest BCUT2D eigenvalue weighted by atomic mass is 9.86. The molecular formula is C48H43N. The third-order valence-corrected chi connectivity index (χ3v) is 10.1. The van der Waals surface area contributed by atoms with Crippen LogP contribution in [-0.4, -0.2) is 0 Å². The van der Waals surface area contributed by atoms with E-state index in [1.807, 2.05) is 0 Å². The highest BCUT2D eigenvalue weighted by molar-refractivity contribution is 6.26. The number of anilines is 3. The van der Waals surface area contributed by atoms with Crippen molar-refractivity contribution in [3.63, 3.8) is 0 Å². The molecule has 1 nitrogen and oxygen atoms in total. The minimum atomic E-state index is 0.0758. The van der Waals surface area contributed by atoms with Crippen molar-refractivity contribution in [3.05, 3.63) is 163 Å². The van der Waals surface area contributed by atoms with Crippen molar-refractivity contribution in [1.29, 1.82) is 0 Å². The Balaban J connectivity index is 1.45. The van der Waals surface area contributed by atoms with Gasteiger partial charge in [0.1, 0.15) is 0 Å². The maximum Gasteiger partial charge on any atom is 0.0546 e. The van der Waals surface area contributed by atoms with Gasteiger partial charge in [-0.05, 0) is 107 Å². The first-order valence-corrected chi connectivity index (χ1v) is 17.4. The molecule has 240 valence electrons. The largest absolute Gasteiger partial charge is 0.310 e. The molecule has 49 heavy (non-hydrogen) atoms. The molecule has 0 fully saturated rings. The summed E-state index contributed by atoms with van der Waals surface area (Å²) in [5, 5.41) is 10.1. The van der Waals surface area contributed by atoms with E-state index in [1.165, 1.54) is 71.0 Å². The zero-order valence-electron chi connectivity index (χ0n) is 29.4. The van der Waals surface area contributed by atoms with E-state index in [-0.39, 0.29) is 10.8 Å². The second kappa shape index (κ2) is 11.6. The molecule has 0 saturated heterocycles. The lowest BCUT2D eigenvalue weighted by Crippen LogP contribution is -2.14. The molecule has 1 heteroatoms. The number of hydrogen-bond acceptors (Lipinski definition) is 1. The lowest BCUT2D eigenvalue weighted by Gasteiger charge is -2.29. The van der Waals surface area contributed by atoms with E-state index in [1.54, 1.807) is 0 Å². The molecule has 0 aliphatic heterocycles. The highest BCUT2D eigenvalue weighted by Crippen LogP contribution is 2.46. The summed E-state index contributed by atoms with van der Waals surface area (Å²) in [4.78, 5) is 2.45. The third-order valence-electron chi connectivity index (χ3n) is 10.1. The maximum atomic E-state index is 2.45. The van der Waals surface area contributed by atoms with Gasteiger partial charge in [0.15, 0.2) is 0 Å². The van der Waals surface area contributed by atoms with Crippen LogP contribution in [0.2, 0.25) is 0 Å². The van der Waals surface area contributed by atoms with E-state index < -0.39 is 0 Å². The van der Waals surface area contributed by atoms with Crippen LogP contribution in [-0.2, 0) is 10.8 Å². The zero-order chi connectivity index (χ0) is 33.9. The van der Waals surface area contributed by atoms with Crippen LogP contribution >= 0.6 is 0 Å². The Morgan fingerprint density at radius 3 is 1.41 bits per heavy atom. The predicted molar refractivity (Wildman–Crippen MR) is 214 cm³/mol. The van der Waals surface area contributed by atoms with Gasteiger partial charge in [-0.2, -0.15) is 0 Å². The molecule has 0 N–H and O–H groups in total. The van der Waals surface area contributed by atoms with E-state index in [2.05, 4.69) is 198 Å². The summed E-state index contributed by atoms with van der Waals surface area (Å²) in [6, 6.07) is 56.5. The number of rotatable bonds is 4. The van der Waals surface area contributed by atoms with Gasteiger partial charge in [0, 0.05) is 16.8 Å². The molecular weight excluding hydrogens is 591 g/mol. The Morgan fingerprint density at radius 1 is 0.367 bits per heavy atom. The van der Waals surface area contributed by atoms with Gasteiger partial charge in [0.25, 0.3) is 0 Å². The van der Waals surface area contributed by atoms with Crippen LogP contribution in [0.15, 0.2) is 152 Å². The van der Waals surface area contributed by atoms with Gasteiger partial charge in [-0.15, -0.1) is 0 Å². The van der Waals surface area contributed by atoms with E-state index in [9.17, 15) is 0 Å². The first-order chi connectivity index (χ1) is 23.6. The zero-order valence-corrected chi connectivity index (χ0v) is 29.4. The number of nitrogens with zero attached hydrogens (tertiary/aromatic N) is 1. The normalized spacial score (nSPS) is 12.3. The number of fused-ring (bicyclic) bond motifs is 6. The smallest absolute Gasteiger partial charge is 0.0546 e. The minimum Gasteiger partial charge on any atom is -0.310 e. The number of benzene rings is 8. The minimum absolute atomic E-state index is 0.0758. The van der Waals surface area contributed by atoms with Crippen LogP contribution in [0.3, 0.4) is 0 Å². The molecule has 0 atom stereocenters. The van der Waals surface area contributed by atoms with Gasteiger partial charge < -0.3 is 4.90 Å². The Kier molecular flexibility index (Phi) is 7.34. The molecule has 0 aliphatic carbocycles. The molecule has 0 spiro atoms. The first kappa shape index (κ1) is 30.9. The van der Waals surface area contributed by atoms with Crippen molar-refractivity contribution < 1.29 is 0 Å². The van der Waals surface area contributed by atoms with Crippen molar-refractivity contribution in [2.45, 2.75) is 52.4 Å². The standard InChI is InChI=1S/C48H43N/c1-47(2,3)34-22-26-36(27-23-34)49(37-28-24-35(25-29-37)48(4,5)6)45-31-33-30-44(39-21-13-15-32-14-7-8-16-38(32)39)40-17-9-11-19-42(40)46(33)43-20-12-10-18-41(43)45/h7-31H,1-6H3. The quantitative estimate of drug-likeness (QED) is 0.174. The topological polar surface area (TPSA) is 3.24 Å². The molecule has 0 unspecified atom stereocenters. The molecule has 0 radical (unpaired) electrons. The van der Waals surface area contributed by atoms with Gasteiger partial charge in [-0.1, -0.05) is 157 Å². The Morgan fingerprint density at radius 2 is 0.837 bits per heavy atom. The van der Waals surface area contributed by atoms with Crippen LogP contribution in [0.4, 0.5) is 17.1 Å². The van der Waals surface area contributed by atoms with Crippen molar-refractivity contribution in [2.24, 2.45) is 0 Å². The SMILES string of the molecule is CC(C)(C)c1ccc(N(c2ccc(C(C)(C)C)cc2)c2cc3cc(-c4cccc5ccccc45)c4ccccc4c3c3ccccc23)cc1. The lowest BCUT2D eigenvalue weighted by molar-refractivity contribution is 0.590. The summed E-state index contributed by atoms with van der Waals surface area (Å²) in [6.45, 7) is 13.7. The fourth-order valence-corrected chi connectivity index (χ4v) is 7.48. The van der Waals surface area contributed by atoms with Crippen molar-refractivity contribution in [2.75, 3.05) is 4.90 Å². The fraction of sp³-hybridized carbons (Fsp3) is 0.167. The highest BCUT2D eigenvalue weighted by atomic mass is 15.1. The summed E-state index contributed by atoms with van der Waals surface area (Å²) in [7, 11) is 0. The third kappa shape index (κ3) is 5.44. The van der Waals surface area contributed by atoms with Gasteiger partial charge in [-0.3, -0.25) is 0 Å². The van der Waals surface area contributed by atoms with Crippen LogP contribution in [0.1, 0.15) is 52.7 Å². The molecule has 0 heterocycles. The molecule has 0 aliphatic rings. The Labute approximate surface area is 290 Å². The molecule has 0 aromatic heterocycles. The second-order valence-electron chi connectivity index (χ2n) is 15.5. The molecule has 0 bridgehead atoms. The second-order valence-corrected chi connectivity index (χ2v) is 15.5. The first-order valence-electron chi connectivity index (χ1n) is 17.4. The summed E-state index contributed by atoms with van der Waals surface area (Å²) < 4.78 is 0. The summed E-state index contributed by atoms with van der Waals surface area (Å²) >= 11 is 0. The van der Waals surface area contributed by atoms with Gasteiger partial charge in [0.05, 0.1) is 5.69 Å². The summed E-state index contributed by atoms with van der Waals surface area (Å²) in [6.07, 6.45) is 0. The average Bonchev–Trinajstić information content (AvgIpc) is 3.11. The Bertz CT molecular complexity index is 2420. The van der Waals surface area contributed by atoms with E-state index >= 15 is 0 Å². The van der Waals surface area contributed by atoms with Gasteiger partial charge in [-0.25, -0.2) is 0 Å². The average molecular weight is 634 g/mol. The molecule has 0 saturated carbocycles. The molecule has 0 amide bonds. The van der Waals surface area contributed by atoms with E-state index in [4.69, 9.17) is 0 Å². The molecule has 8 aromatic rings. The summed E-state index contributed by atoms with van der Waals surface area (Å²) in [5.41, 5.74) is 8.80. The predicted octanol–water partition coefficient (Wildman–Crippen LogP) is 14.0. The van der Waals surface area contributed by atoms with Crippen molar-refractivity contribution in [1.82, 2.24) is 0 Å².